The number of unbranched alkanes of at least 4 members (excludes halogenated alkanes) is 10. The van der Waals surface area contributed by atoms with E-state index in [4.69, 9.17) is 61.6 Å². The Labute approximate surface area is 568 Å². The van der Waals surface area contributed by atoms with Gasteiger partial charge in [-0.3, -0.25) is 9.59 Å². The maximum absolute atomic E-state index is 14.4. The minimum atomic E-state index is -2.00. The third-order valence-electron chi connectivity index (χ3n) is 19.7. The first-order valence-corrected chi connectivity index (χ1v) is 36.5. The zero-order valence-corrected chi connectivity index (χ0v) is 58.0. The largest absolute Gasteiger partial charge is 0.455 e. The summed E-state index contributed by atoms with van der Waals surface area (Å²) in [5.74, 6) is -2.86. The lowest BCUT2D eigenvalue weighted by Gasteiger charge is -2.51. The highest BCUT2D eigenvalue weighted by molar-refractivity contribution is 5.87. The topological polar surface area (TPSA) is 333 Å². The Balaban J connectivity index is 1.23. The Bertz CT molecular complexity index is 2390. The van der Waals surface area contributed by atoms with Crippen LogP contribution in [0, 0.1) is 5.92 Å². The van der Waals surface area contributed by atoms with Gasteiger partial charge in [-0.05, 0) is 76.9 Å². The SMILES string of the molecule is CCCCCCCC(=O)O[C@@H]1[C@@H](OC(=O)/C=C/c2ccccc2)[C@@H](O)[C@H](O[C@@H]2[C@@H](O[C@@H]3O[C@H](CO)[C@@H](O)[C@H](O)[C@H]3O)[C@@H](OC(=O)CCCCCCC)[C@H](O[C@H]3[C@@H](O)[C@H]4OCCCCCCCCCCC(CCCCC)O[C@@H]5O[C@H](C)[C@H](O)[C@H](O)[C@H]5O[C@H]4C[C@@H]3C)O[C@H]2C)O[C@H]1C. The quantitative estimate of drug-likeness (QED) is 0.0175. The number of carbonyl (C=O) groups is 3. The molecule has 7 rings (SSSR count). The Morgan fingerprint density at radius 3 is 1.72 bits per heavy atom. The average molecular weight is 1370 g/mol. The van der Waals surface area contributed by atoms with Crippen LogP contribution in [0.3, 0.4) is 0 Å². The number of aliphatic hydroxyl groups is 8. The van der Waals surface area contributed by atoms with Crippen LogP contribution in [-0.2, 0) is 76.0 Å². The highest BCUT2D eigenvalue weighted by Crippen LogP contribution is 2.41. The number of hydrogen-bond acceptors (Lipinski definition) is 24. The van der Waals surface area contributed by atoms with Crippen LogP contribution in [0.2, 0.25) is 0 Å². The van der Waals surface area contributed by atoms with Crippen LogP contribution in [0.15, 0.2) is 36.4 Å². The first-order valence-electron chi connectivity index (χ1n) is 36.5. The van der Waals surface area contributed by atoms with E-state index in [1.54, 1.807) is 45.0 Å². The third-order valence-corrected chi connectivity index (χ3v) is 19.7. The molecule has 0 spiro atoms. The van der Waals surface area contributed by atoms with Gasteiger partial charge in [-0.1, -0.05) is 174 Å². The van der Waals surface area contributed by atoms with Crippen LogP contribution in [-0.4, -0.2) is 225 Å². The van der Waals surface area contributed by atoms with E-state index in [1.165, 1.54) is 12.2 Å². The fourth-order valence-corrected chi connectivity index (χ4v) is 13.9. The minimum absolute atomic E-state index is 0.0478. The highest BCUT2D eigenvalue weighted by atomic mass is 16.8. The Morgan fingerprint density at radius 2 is 1.06 bits per heavy atom. The summed E-state index contributed by atoms with van der Waals surface area (Å²) < 4.78 is 84.5. The van der Waals surface area contributed by atoms with Gasteiger partial charge in [0.15, 0.2) is 43.5 Å². The van der Waals surface area contributed by atoms with Gasteiger partial charge in [0, 0.05) is 25.5 Å². The first-order chi connectivity index (χ1) is 46.3. The van der Waals surface area contributed by atoms with Crippen LogP contribution in [0.5, 0.6) is 0 Å². The molecule has 24 nitrogen and oxygen atoms in total. The Morgan fingerprint density at radius 1 is 0.490 bits per heavy atom. The van der Waals surface area contributed by atoms with Gasteiger partial charge < -0.3 is 102 Å². The third kappa shape index (κ3) is 23.3. The minimum Gasteiger partial charge on any atom is -0.455 e. The predicted molar refractivity (Wildman–Crippen MR) is 350 cm³/mol. The number of ether oxygens (including phenoxy) is 13. The molecule has 5 heterocycles. The van der Waals surface area contributed by atoms with Crippen molar-refractivity contribution in [2.75, 3.05) is 13.2 Å². The molecule has 0 radical (unpaired) electrons. The highest BCUT2D eigenvalue weighted by Gasteiger charge is 2.58. The molecule has 6 fully saturated rings. The molecule has 24 heteroatoms. The lowest BCUT2D eigenvalue weighted by atomic mass is 9.81. The molecule has 1 aliphatic carbocycles. The van der Waals surface area contributed by atoms with Gasteiger partial charge in [-0.15, -0.1) is 0 Å². The molecule has 5 aliphatic heterocycles. The maximum atomic E-state index is 14.4. The van der Waals surface area contributed by atoms with E-state index in [-0.39, 0.29) is 32.0 Å². The fraction of sp³-hybridized carbons (Fsp3) is 0.847. The van der Waals surface area contributed by atoms with Gasteiger partial charge in [0.2, 0.25) is 0 Å². The molecule has 26 atom stereocenters. The Kier molecular flexibility index (Phi) is 34.6. The van der Waals surface area contributed by atoms with E-state index < -0.39 is 178 Å². The maximum Gasteiger partial charge on any atom is 0.331 e. The molecule has 0 aromatic heterocycles. The van der Waals surface area contributed by atoms with Crippen molar-refractivity contribution in [1.82, 2.24) is 0 Å². The molecule has 1 unspecified atom stereocenters. The van der Waals surface area contributed by atoms with Gasteiger partial charge in [0.1, 0.15) is 73.2 Å². The van der Waals surface area contributed by atoms with Gasteiger partial charge in [-0.2, -0.15) is 0 Å². The van der Waals surface area contributed by atoms with Crippen LogP contribution < -0.4 is 0 Å². The van der Waals surface area contributed by atoms with Crippen LogP contribution >= 0.6 is 0 Å². The van der Waals surface area contributed by atoms with Gasteiger partial charge >= 0.3 is 17.9 Å². The second kappa shape index (κ2) is 41.5. The average Bonchev–Trinajstić information content (AvgIpc) is 0.771. The van der Waals surface area contributed by atoms with Crippen molar-refractivity contribution in [3.63, 3.8) is 0 Å². The van der Waals surface area contributed by atoms with Gasteiger partial charge in [0.05, 0.1) is 43.2 Å². The van der Waals surface area contributed by atoms with E-state index in [1.807, 2.05) is 13.0 Å². The van der Waals surface area contributed by atoms with Crippen molar-refractivity contribution in [3.05, 3.63) is 42.0 Å². The van der Waals surface area contributed by atoms with Crippen molar-refractivity contribution in [1.29, 1.82) is 0 Å². The number of rotatable bonds is 28. The van der Waals surface area contributed by atoms with E-state index in [0.717, 1.165) is 122 Å². The first kappa shape index (κ1) is 80.0. The summed E-state index contributed by atoms with van der Waals surface area (Å²) in [6.45, 7) is 12.3. The number of fused-ring (bicyclic) bond motifs is 2. The normalized spacial score (nSPS) is 38.5. The second-order valence-corrected chi connectivity index (χ2v) is 27.5. The second-order valence-electron chi connectivity index (χ2n) is 27.5. The summed E-state index contributed by atoms with van der Waals surface area (Å²) in [6, 6.07) is 8.96. The van der Waals surface area contributed by atoms with Crippen molar-refractivity contribution in [3.8, 4) is 0 Å². The smallest absolute Gasteiger partial charge is 0.331 e. The lowest BCUT2D eigenvalue weighted by Crippen LogP contribution is -2.68. The fourth-order valence-electron chi connectivity index (χ4n) is 13.9. The number of hydrogen-bond donors (Lipinski definition) is 8. The van der Waals surface area contributed by atoms with E-state index >= 15 is 0 Å². The van der Waals surface area contributed by atoms with Crippen LogP contribution in [0.4, 0.5) is 0 Å². The molecular weight excluding hydrogens is 1250 g/mol. The molecule has 0 amide bonds. The zero-order valence-electron chi connectivity index (χ0n) is 58.0. The number of carbonyl (C=O) groups excluding carboxylic acids is 3. The summed E-state index contributed by atoms with van der Waals surface area (Å²) in [5, 5.41) is 92.8. The lowest BCUT2D eigenvalue weighted by molar-refractivity contribution is -0.390. The molecule has 550 valence electrons. The molecule has 96 heavy (non-hydrogen) atoms. The van der Waals surface area contributed by atoms with Gasteiger partial charge in [0.25, 0.3) is 0 Å². The van der Waals surface area contributed by atoms with Crippen molar-refractivity contribution in [2.24, 2.45) is 5.92 Å². The van der Waals surface area contributed by atoms with Crippen LogP contribution in [0.25, 0.3) is 6.08 Å². The standard InChI is InChI=1S/C72H118O24/c1-8-11-14-20-29-36-51(74)91-62-45(6)86-70(60(83)65(62)92-53(76)39-38-47-32-26-24-27-33-47)95-63-46(7)87-72(68(93-52(75)37-30-21-15-12-9-2)67(63)96-69-58(81)56(79)55(78)50(42-73)90-69)94-61-43(4)41-49-64(59(61)82)84-40-31-23-19-17-16-18-22-28-35-48(34-25-13-10-3)88-71-66(89-49)57(80)54(77)44(5)85-71/h24,26-27,32-33,38-39,43-46,48-50,54-73,77-83H,8-23,25,28-31,34-37,40-42H2,1-7H3/b39-38+/t43-,44+,45-,46-,48?,49-,50+,54-,55+,56-,57-,58+,59+,60+,61+,62-,63-,64-,65-,66+,67+,68+,69-,70-,71-,72-/m0/s1. The molecule has 5 saturated heterocycles. The number of benzene rings is 1. The summed E-state index contributed by atoms with van der Waals surface area (Å²) >= 11 is 0. The molecule has 1 saturated carbocycles. The number of aliphatic hydroxyl groups excluding tert-OH is 8. The number of esters is 3. The van der Waals surface area contributed by atoms with E-state index in [2.05, 4.69) is 20.8 Å². The summed E-state index contributed by atoms with van der Waals surface area (Å²) in [4.78, 5) is 41.8. The molecule has 6 aliphatic rings. The summed E-state index contributed by atoms with van der Waals surface area (Å²) in [6.07, 6.45) is -12.3. The van der Waals surface area contributed by atoms with Crippen molar-refractivity contribution in [2.45, 2.75) is 369 Å². The molecule has 1 aromatic rings. The molecular formula is C72H118O24. The molecule has 1 aromatic carbocycles. The van der Waals surface area contributed by atoms with Gasteiger partial charge in [-0.25, -0.2) is 4.79 Å². The zero-order chi connectivity index (χ0) is 69.3. The summed E-state index contributed by atoms with van der Waals surface area (Å²) in [7, 11) is 0. The van der Waals surface area contributed by atoms with E-state index in [9.17, 15) is 55.2 Å². The summed E-state index contributed by atoms with van der Waals surface area (Å²) in [5.41, 5.74) is 0.678. The predicted octanol–water partition coefficient (Wildman–Crippen LogP) is 7.46. The van der Waals surface area contributed by atoms with Crippen LogP contribution in [0.1, 0.15) is 221 Å². The van der Waals surface area contributed by atoms with Crippen molar-refractivity contribution < 1.29 is 117 Å². The van der Waals surface area contributed by atoms with Crippen molar-refractivity contribution >= 4 is 24.0 Å². The van der Waals surface area contributed by atoms with E-state index in [0.29, 0.717) is 31.2 Å². The Hall–Kier alpha value is -3.35. The molecule has 8 N–H and O–H groups in total. The monoisotopic (exact) mass is 1370 g/mol. The molecule has 0 bridgehead atoms.